The summed E-state index contributed by atoms with van der Waals surface area (Å²) in [5, 5.41) is -0.859. The lowest BCUT2D eigenvalue weighted by Gasteiger charge is -2.18. The zero-order valence-electron chi connectivity index (χ0n) is 12.3. The SMILES string of the molecule is O=Cc1ccc(/C=C/C(c2cc(F)c(Cl)c(F)c2)C(F)(F)F)cc1Br. The van der Waals surface area contributed by atoms with Gasteiger partial charge in [-0.25, -0.2) is 8.78 Å². The number of carbonyl (C=O) groups is 1. The van der Waals surface area contributed by atoms with Gasteiger partial charge in [0.25, 0.3) is 0 Å². The van der Waals surface area contributed by atoms with Gasteiger partial charge in [0.15, 0.2) is 6.29 Å². The van der Waals surface area contributed by atoms with Crippen molar-refractivity contribution in [2.24, 2.45) is 0 Å². The number of hydrogen-bond acceptors (Lipinski definition) is 1. The number of hydrogen-bond donors (Lipinski definition) is 0. The van der Waals surface area contributed by atoms with Crippen LogP contribution < -0.4 is 0 Å². The summed E-state index contributed by atoms with van der Waals surface area (Å²) in [6, 6.07) is 5.44. The van der Waals surface area contributed by atoms with E-state index in [0.29, 0.717) is 34.0 Å². The molecule has 0 heterocycles. The van der Waals surface area contributed by atoms with Gasteiger partial charge in [-0.15, -0.1) is 0 Å². The Kier molecular flexibility index (Phi) is 6.00. The molecule has 132 valence electrons. The molecule has 1 unspecified atom stereocenters. The van der Waals surface area contributed by atoms with Crippen LogP contribution in [0.2, 0.25) is 5.02 Å². The predicted molar refractivity (Wildman–Crippen MR) is 88.7 cm³/mol. The van der Waals surface area contributed by atoms with Crippen LogP contribution in [0.3, 0.4) is 0 Å². The van der Waals surface area contributed by atoms with Crippen LogP contribution in [0, 0.1) is 11.6 Å². The number of rotatable bonds is 4. The molecule has 0 saturated heterocycles. The smallest absolute Gasteiger partial charge is 0.298 e. The van der Waals surface area contributed by atoms with Crippen molar-refractivity contribution in [3.63, 3.8) is 0 Å². The molecule has 0 radical (unpaired) electrons. The predicted octanol–water partition coefficient (Wildman–Crippen LogP) is 6.55. The summed E-state index contributed by atoms with van der Waals surface area (Å²) in [7, 11) is 0. The van der Waals surface area contributed by atoms with Crippen molar-refractivity contribution in [1.82, 2.24) is 0 Å². The highest BCUT2D eigenvalue weighted by Gasteiger charge is 2.39. The van der Waals surface area contributed by atoms with E-state index in [1.54, 1.807) is 0 Å². The van der Waals surface area contributed by atoms with E-state index in [-0.39, 0.29) is 0 Å². The molecule has 0 amide bonds. The highest BCUT2D eigenvalue weighted by atomic mass is 79.9. The average Bonchev–Trinajstić information content (AvgIpc) is 2.51. The highest BCUT2D eigenvalue weighted by Crippen LogP contribution is 2.38. The third-order valence-corrected chi connectivity index (χ3v) is 4.40. The van der Waals surface area contributed by atoms with Crippen LogP contribution in [0.5, 0.6) is 0 Å². The third-order valence-electron chi connectivity index (χ3n) is 3.35. The fraction of sp³-hybridized carbons (Fsp3) is 0.118. The maximum Gasteiger partial charge on any atom is 0.399 e. The quantitative estimate of drug-likeness (QED) is 0.300. The van der Waals surface area contributed by atoms with E-state index in [1.807, 2.05) is 0 Å². The van der Waals surface area contributed by atoms with Gasteiger partial charge in [-0.2, -0.15) is 13.2 Å². The second-order valence-electron chi connectivity index (χ2n) is 5.08. The van der Waals surface area contributed by atoms with Crippen molar-refractivity contribution in [1.29, 1.82) is 0 Å². The minimum Gasteiger partial charge on any atom is -0.298 e. The lowest BCUT2D eigenvalue weighted by molar-refractivity contribution is -0.139. The first kappa shape index (κ1) is 19.6. The summed E-state index contributed by atoms with van der Waals surface area (Å²) >= 11 is 8.43. The second kappa shape index (κ2) is 7.66. The van der Waals surface area contributed by atoms with E-state index in [9.17, 15) is 26.7 Å². The summed E-state index contributed by atoms with van der Waals surface area (Å²) < 4.78 is 67.2. The Morgan fingerprint density at radius 3 is 2.16 bits per heavy atom. The van der Waals surface area contributed by atoms with Crippen molar-refractivity contribution >= 4 is 39.9 Å². The van der Waals surface area contributed by atoms with Crippen molar-refractivity contribution in [3.05, 3.63) is 74.2 Å². The van der Waals surface area contributed by atoms with E-state index in [1.165, 1.54) is 18.2 Å². The average molecular weight is 440 g/mol. The van der Waals surface area contributed by atoms with Crippen LogP contribution in [0.4, 0.5) is 22.0 Å². The Morgan fingerprint density at radius 1 is 1.08 bits per heavy atom. The molecule has 25 heavy (non-hydrogen) atoms. The molecule has 0 N–H and O–H groups in total. The van der Waals surface area contributed by atoms with Crippen LogP contribution in [0.25, 0.3) is 6.08 Å². The number of alkyl halides is 3. The van der Waals surface area contributed by atoms with E-state index >= 15 is 0 Å². The fourth-order valence-electron chi connectivity index (χ4n) is 2.11. The van der Waals surface area contributed by atoms with Gasteiger partial charge < -0.3 is 0 Å². The Balaban J connectivity index is 2.43. The molecule has 0 aromatic heterocycles. The molecule has 2 rings (SSSR count). The van der Waals surface area contributed by atoms with Crippen molar-refractivity contribution in [2.45, 2.75) is 12.1 Å². The summed E-state index contributed by atoms with van der Waals surface area (Å²) in [5.74, 6) is -4.76. The van der Waals surface area contributed by atoms with Crippen LogP contribution in [-0.2, 0) is 0 Å². The number of halogens is 7. The summed E-state index contributed by atoms with van der Waals surface area (Å²) in [6.45, 7) is 0. The molecule has 1 atom stereocenters. The molecule has 0 bridgehead atoms. The second-order valence-corrected chi connectivity index (χ2v) is 6.31. The van der Waals surface area contributed by atoms with Crippen molar-refractivity contribution < 1.29 is 26.7 Å². The molecule has 0 spiro atoms. The van der Waals surface area contributed by atoms with Gasteiger partial charge in [0.2, 0.25) is 0 Å². The van der Waals surface area contributed by atoms with Crippen LogP contribution >= 0.6 is 27.5 Å². The number of allylic oxidation sites excluding steroid dienone is 1. The van der Waals surface area contributed by atoms with Gasteiger partial charge in [0.05, 0.1) is 5.92 Å². The van der Waals surface area contributed by atoms with Gasteiger partial charge in [0.1, 0.15) is 16.7 Å². The highest BCUT2D eigenvalue weighted by molar-refractivity contribution is 9.10. The summed E-state index contributed by atoms with van der Waals surface area (Å²) in [5.41, 5.74) is 0.111. The van der Waals surface area contributed by atoms with Gasteiger partial charge in [-0.3, -0.25) is 4.79 Å². The third kappa shape index (κ3) is 4.67. The zero-order valence-corrected chi connectivity index (χ0v) is 14.6. The van der Waals surface area contributed by atoms with Crippen LogP contribution in [0.1, 0.15) is 27.4 Å². The largest absolute Gasteiger partial charge is 0.399 e. The molecular weight excluding hydrogens is 431 g/mol. The Hall–Kier alpha value is -1.73. The minimum atomic E-state index is -4.76. The summed E-state index contributed by atoms with van der Waals surface area (Å²) in [6.07, 6.45) is -2.23. The molecule has 8 heteroatoms. The molecule has 0 saturated carbocycles. The van der Waals surface area contributed by atoms with Crippen LogP contribution in [0.15, 0.2) is 40.9 Å². The molecular formula is C17H9BrClF5O. The molecule has 0 aliphatic rings. The van der Waals surface area contributed by atoms with E-state index in [0.717, 1.165) is 12.2 Å². The maximum absolute atomic E-state index is 13.5. The summed E-state index contributed by atoms with van der Waals surface area (Å²) in [4.78, 5) is 10.7. The zero-order chi connectivity index (χ0) is 18.8. The number of benzene rings is 2. The molecule has 2 aromatic carbocycles. The lowest BCUT2D eigenvalue weighted by Crippen LogP contribution is -2.19. The van der Waals surface area contributed by atoms with Crippen molar-refractivity contribution in [2.75, 3.05) is 0 Å². The van der Waals surface area contributed by atoms with Crippen molar-refractivity contribution in [3.8, 4) is 0 Å². The van der Waals surface area contributed by atoms with E-state index in [2.05, 4.69) is 15.9 Å². The maximum atomic E-state index is 13.5. The molecule has 0 aliphatic heterocycles. The fourth-order valence-corrected chi connectivity index (χ4v) is 2.71. The number of carbonyl (C=O) groups excluding carboxylic acids is 1. The van der Waals surface area contributed by atoms with Gasteiger partial charge in [-0.05, 0) is 35.4 Å². The Labute approximate surface area is 153 Å². The number of aldehydes is 1. The molecule has 2 aromatic rings. The van der Waals surface area contributed by atoms with Gasteiger partial charge >= 0.3 is 6.18 Å². The topological polar surface area (TPSA) is 17.1 Å². The van der Waals surface area contributed by atoms with Gasteiger partial charge in [-0.1, -0.05) is 45.7 Å². The standard InChI is InChI=1S/C17H9BrClF5O/c18-13-5-9(1-3-10(13)8-25)2-4-12(17(22,23)24)11-6-14(20)16(19)15(21)7-11/h1-8,12H/b4-2+. The molecule has 0 aliphatic carbocycles. The lowest BCUT2D eigenvalue weighted by atomic mass is 9.96. The van der Waals surface area contributed by atoms with E-state index < -0.39 is 34.3 Å². The Morgan fingerprint density at radius 2 is 1.68 bits per heavy atom. The molecule has 0 fully saturated rings. The first-order chi connectivity index (χ1) is 11.6. The van der Waals surface area contributed by atoms with Crippen LogP contribution in [-0.4, -0.2) is 12.5 Å². The first-order valence-electron chi connectivity index (χ1n) is 6.77. The molecule has 1 nitrogen and oxygen atoms in total. The Bertz CT molecular complexity index is 809. The normalized spacial score (nSPS) is 13.2. The first-order valence-corrected chi connectivity index (χ1v) is 7.94. The monoisotopic (exact) mass is 438 g/mol. The minimum absolute atomic E-state index is 0.339. The van der Waals surface area contributed by atoms with Gasteiger partial charge in [0, 0.05) is 10.0 Å². The van der Waals surface area contributed by atoms with E-state index in [4.69, 9.17) is 11.6 Å².